The van der Waals surface area contributed by atoms with Crippen molar-refractivity contribution in [2.75, 3.05) is 13.1 Å². The summed E-state index contributed by atoms with van der Waals surface area (Å²) in [4.78, 5) is 26.8. The molecule has 1 fully saturated rings. The molecule has 1 heterocycles. The Morgan fingerprint density at radius 3 is 2.57 bits per heavy atom. The van der Waals surface area contributed by atoms with Crippen LogP contribution in [0.15, 0.2) is 30.3 Å². The maximum Gasteiger partial charge on any atom is 0.328 e. The number of urea groups is 1. The van der Waals surface area contributed by atoms with E-state index in [-0.39, 0.29) is 20.0 Å². The highest BCUT2D eigenvalue weighted by molar-refractivity contribution is 5.86. The molecule has 21 heavy (non-hydrogen) atoms. The fourth-order valence-electron chi connectivity index (χ4n) is 2.41. The van der Waals surface area contributed by atoms with E-state index in [4.69, 9.17) is 0 Å². The molecule has 1 aromatic carbocycles. The largest absolute Gasteiger partial charge is 0.480 e. The molecule has 0 spiro atoms. The first-order chi connectivity index (χ1) is 9.63. The molecule has 2 amide bonds. The summed E-state index contributed by atoms with van der Waals surface area (Å²) >= 11 is 0. The minimum atomic E-state index is -0.937. The predicted octanol–water partition coefficient (Wildman–Crippen LogP) is 2.81. The van der Waals surface area contributed by atoms with Gasteiger partial charge < -0.3 is 14.9 Å². The van der Waals surface area contributed by atoms with Crippen molar-refractivity contribution in [2.45, 2.75) is 39.8 Å². The van der Waals surface area contributed by atoms with Gasteiger partial charge in [0.1, 0.15) is 6.04 Å². The third-order valence-corrected chi connectivity index (χ3v) is 3.55. The van der Waals surface area contributed by atoms with Crippen molar-refractivity contribution in [1.29, 1.82) is 0 Å². The lowest BCUT2D eigenvalue weighted by atomic mass is 10.2. The number of carboxylic acid groups (broad SMARTS) is 1. The summed E-state index contributed by atoms with van der Waals surface area (Å²) in [6, 6.07) is 8.56. The molecule has 0 radical (unpaired) electrons. The number of hydrogen-bond acceptors (Lipinski definition) is 2. The highest BCUT2D eigenvalue weighted by Gasteiger charge is 2.40. The van der Waals surface area contributed by atoms with Gasteiger partial charge in [-0.3, -0.25) is 0 Å². The molecule has 1 aliphatic rings. The van der Waals surface area contributed by atoms with Gasteiger partial charge in [-0.15, -0.1) is 0 Å². The molecule has 1 N–H and O–H groups in total. The summed E-state index contributed by atoms with van der Waals surface area (Å²) < 4.78 is 0. The zero-order valence-electron chi connectivity index (χ0n) is 11.7. The molecule has 0 aliphatic carbocycles. The molecule has 116 valence electrons. The second-order valence-corrected chi connectivity index (χ2v) is 5.05. The van der Waals surface area contributed by atoms with Gasteiger partial charge in [0.2, 0.25) is 0 Å². The van der Waals surface area contributed by atoms with Gasteiger partial charge >= 0.3 is 12.0 Å². The van der Waals surface area contributed by atoms with E-state index in [9.17, 15) is 14.7 Å². The Hall–Kier alpha value is -2.04. The Bertz CT molecular complexity index is 476. The topological polar surface area (TPSA) is 60.9 Å². The first-order valence-corrected chi connectivity index (χ1v) is 6.95. The lowest BCUT2D eigenvalue weighted by molar-refractivity contribution is -0.141. The molecule has 0 unspecified atom stereocenters. The van der Waals surface area contributed by atoms with E-state index < -0.39 is 12.0 Å². The summed E-state index contributed by atoms with van der Waals surface area (Å²) in [5.41, 5.74) is 0.949. The van der Waals surface area contributed by atoms with Crippen LogP contribution in [0.1, 0.15) is 32.8 Å². The highest BCUT2D eigenvalue weighted by Crippen LogP contribution is 2.20. The van der Waals surface area contributed by atoms with Crippen molar-refractivity contribution >= 4 is 12.0 Å². The Kier molecular flexibility index (Phi) is 6.21. The minimum Gasteiger partial charge on any atom is -0.480 e. The SMILES string of the molecule is C.CCCCN1C[C@@H](C(=O)O)N(Cc2ccccc2)C1=O. The highest BCUT2D eigenvalue weighted by atomic mass is 16.4. The van der Waals surface area contributed by atoms with E-state index >= 15 is 0 Å². The number of carbonyl (C=O) groups excluding carboxylic acids is 1. The van der Waals surface area contributed by atoms with Crippen LogP contribution in [0.4, 0.5) is 4.79 Å². The van der Waals surface area contributed by atoms with Crippen LogP contribution in [0.5, 0.6) is 0 Å². The summed E-state index contributed by atoms with van der Waals surface area (Å²) in [6.07, 6.45) is 1.89. The minimum absolute atomic E-state index is 0. The fourth-order valence-corrected chi connectivity index (χ4v) is 2.41. The Morgan fingerprint density at radius 2 is 2.00 bits per heavy atom. The molecule has 0 aromatic heterocycles. The number of benzene rings is 1. The van der Waals surface area contributed by atoms with Crippen LogP contribution in [0.3, 0.4) is 0 Å². The van der Waals surface area contributed by atoms with Gasteiger partial charge in [-0.05, 0) is 12.0 Å². The molecule has 1 aliphatic heterocycles. The van der Waals surface area contributed by atoms with E-state index in [1.54, 1.807) is 4.90 Å². The Labute approximate surface area is 126 Å². The van der Waals surface area contributed by atoms with Crippen LogP contribution >= 0.6 is 0 Å². The van der Waals surface area contributed by atoms with Crippen molar-refractivity contribution in [3.63, 3.8) is 0 Å². The molecule has 0 bridgehead atoms. The average molecular weight is 292 g/mol. The van der Waals surface area contributed by atoms with E-state index in [2.05, 4.69) is 6.92 Å². The van der Waals surface area contributed by atoms with Gasteiger partial charge in [-0.2, -0.15) is 0 Å². The Balaban J connectivity index is 0.00000220. The number of carbonyl (C=O) groups is 2. The molecule has 1 atom stereocenters. The molecule has 0 saturated carbocycles. The smallest absolute Gasteiger partial charge is 0.328 e. The molecular weight excluding hydrogens is 268 g/mol. The van der Waals surface area contributed by atoms with Gasteiger partial charge in [-0.1, -0.05) is 51.1 Å². The van der Waals surface area contributed by atoms with Crippen LogP contribution in [-0.2, 0) is 11.3 Å². The van der Waals surface area contributed by atoms with Gasteiger partial charge in [0.05, 0.1) is 6.54 Å². The van der Waals surface area contributed by atoms with Gasteiger partial charge in [0.15, 0.2) is 0 Å². The third kappa shape index (κ3) is 3.97. The summed E-state index contributed by atoms with van der Waals surface area (Å²) in [5.74, 6) is -0.937. The zero-order valence-corrected chi connectivity index (χ0v) is 11.7. The third-order valence-electron chi connectivity index (χ3n) is 3.55. The molecule has 5 heteroatoms. The summed E-state index contributed by atoms with van der Waals surface area (Å²) in [5, 5.41) is 9.30. The van der Waals surface area contributed by atoms with Gasteiger partial charge in [0.25, 0.3) is 0 Å². The van der Waals surface area contributed by atoms with Crippen molar-refractivity contribution in [3.8, 4) is 0 Å². The predicted molar refractivity (Wildman–Crippen MR) is 82.0 cm³/mol. The quantitative estimate of drug-likeness (QED) is 0.877. The summed E-state index contributed by atoms with van der Waals surface area (Å²) in [6.45, 7) is 3.31. The number of unbranched alkanes of at least 4 members (excludes halogenated alkanes) is 1. The van der Waals surface area contributed by atoms with Crippen LogP contribution in [0.25, 0.3) is 0 Å². The van der Waals surface area contributed by atoms with Gasteiger partial charge in [-0.25, -0.2) is 9.59 Å². The van der Waals surface area contributed by atoms with E-state index in [0.29, 0.717) is 13.1 Å². The number of nitrogens with zero attached hydrogens (tertiary/aromatic N) is 2. The van der Waals surface area contributed by atoms with Crippen molar-refractivity contribution in [3.05, 3.63) is 35.9 Å². The van der Waals surface area contributed by atoms with Crippen LogP contribution in [0.2, 0.25) is 0 Å². The van der Waals surface area contributed by atoms with Crippen LogP contribution < -0.4 is 0 Å². The fraction of sp³-hybridized carbons (Fsp3) is 0.500. The average Bonchev–Trinajstić information content (AvgIpc) is 2.75. The molecule has 5 nitrogen and oxygen atoms in total. The van der Waals surface area contributed by atoms with E-state index in [1.165, 1.54) is 4.90 Å². The molecular formula is C16H24N2O3. The van der Waals surface area contributed by atoms with E-state index in [0.717, 1.165) is 18.4 Å². The molecule has 1 saturated heterocycles. The number of carboxylic acids is 1. The number of rotatable bonds is 6. The number of aliphatic carboxylic acids is 1. The molecule has 2 rings (SSSR count). The van der Waals surface area contributed by atoms with Gasteiger partial charge in [0, 0.05) is 13.1 Å². The lowest BCUT2D eigenvalue weighted by Gasteiger charge is -2.20. The van der Waals surface area contributed by atoms with Crippen molar-refractivity contribution in [2.24, 2.45) is 0 Å². The lowest BCUT2D eigenvalue weighted by Crippen LogP contribution is -2.39. The maximum atomic E-state index is 12.3. The first-order valence-electron chi connectivity index (χ1n) is 6.95. The number of amides is 2. The monoisotopic (exact) mass is 292 g/mol. The second kappa shape index (κ2) is 7.67. The standard InChI is InChI=1S/C15H20N2O3.CH4/c1-2-3-9-16-11-13(14(18)19)17(15(16)20)10-12-7-5-4-6-8-12;/h4-8,13H,2-3,9-11H2,1H3,(H,18,19);1H4/t13-;/m0./s1. The Morgan fingerprint density at radius 1 is 1.33 bits per heavy atom. The van der Waals surface area contributed by atoms with Crippen LogP contribution in [-0.4, -0.2) is 46.0 Å². The zero-order chi connectivity index (χ0) is 14.5. The number of hydrogen-bond donors (Lipinski definition) is 1. The van der Waals surface area contributed by atoms with E-state index in [1.807, 2.05) is 30.3 Å². The maximum absolute atomic E-state index is 12.3. The normalized spacial score (nSPS) is 17.8. The summed E-state index contributed by atoms with van der Waals surface area (Å²) in [7, 11) is 0. The van der Waals surface area contributed by atoms with Crippen molar-refractivity contribution < 1.29 is 14.7 Å². The second-order valence-electron chi connectivity index (χ2n) is 5.05. The molecule has 1 aromatic rings. The van der Waals surface area contributed by atoms with Crippen molar-refractivity contribution in [1.82, 2.24) is 9.80 Å². The first kappa shape index (κ1) is 17.0. The van der Waals surface area contributed by atoms with Crippen LogP contribution in [0, 0.1) is 0 Å².